The van der Waals surface area contributed by atoms with Gasteiger partial charge < -0.3 is 10.3 Å². The highest BCUT2D eigenvalue weighted by atomic mass is 35.5. The zero-order chi connectivity index (χ0) is 19.8. The minimum Gasteiger partial charge on any atom is -0.345 e. The second kappa shape index (κ2) is 7.55. The number of rotatable bonds is 2. The summed E-state index contributed by atoms with van der Waals surface area (Å²) < 4.78 is 2.06. The summed E-state index contributed by atoms with van der Waals surface area (Å²) in [5.41, 5.74) is 4.76. The van der Waals surface area contributed by atoms with Gasteiger partial charge in [-0.05, 0) is 31.4 Å². The zero-order valence-electron chi connectivity index (χ0n) is 16.2. The van der Waals surface area contributed by atoms with E-state index in [0.717, 1.165) is 64.3 Å². The summed E-state index contributed by atoms with van der Waals surface area (Å²) in [5, 5.41) is 9.69. The van der Waals surface area contributed by atoms with Crippen molar-refractivity contribution in [2.24, 2.45) is 5.92 Å². The number of halogens is 1. The fourth-order valence-corrected chi connectivity index (χ4v) is 4.08. The van der Waals surface area contributed by atoms with Crippen molar-refractivity contribution in [3.05, 3.63) is 59.2 Å². The zero-order valence-corrected chi connectivity index (χ0v) is 17.0. The van der Waals surface area contributed by atoms with Gasteiger partial charge in [0.2, 0.25) is 0 Å². The smallest absolute Gasteiger partial charge is 0.138 e. The molecule has 0 radical (unpaired) electrons. The average Bonchev–Trinajstić information content (AvgIpc) is 3.48. The molecule has 6 heteroatoms. The molecule has 0 bridgehead atoms. The van der Waals surface area contributed by atoms with Crippen molar-refractivity contribution in [1.29, 1.82) is 0 Å². The summed E-state index contributed by atoms with van der Waals surface area (Å²) in [5.74, 6) is 6.97. The third kappa shape index (κ3) is 3.62. The number of hydrogen-bond donors (Lipinski definition) is 2. The maximum Gasteiger partial charge on any atom is 0.138 e. The van der Waals surface area contributed by atoms with Gasteiger partial charge in [0, 0.05) is 47.2 Å². The number of fused-ring (bicyclic) bond motifs is 1. The molecule has 3 aromatic rings. The van der Waals surface area contributed by atoms with E-state index >= 15 is 0 Å². The van der Waals surface area contributed by atoms with Gasteiger partial charge >= 0.3 is 0 Å². The average molecular weight is 404 g/mol. The first-order valence-electron chi connectivity index (χ1n) is 9.99. The van der Waals surface area contributed by atoms with Crippen LogP contribution in [0.3, 0.4) is 0 Å². The highest BCUT2D eigenvalue weighted by molar-refractivity contribution is 6.32. The molecule has 0 amide bonds. The van der Waals surface area contributed by atoms with Crippen molar-refractivity contribution in [3.63, 3.8) is 0 Å². The van der Waals surface area contributed by atoms with Crippen molar-refractivity contribution in [1.82, 2.24) is 25.1 Å². The summed E-state index contributed by atoms with van der Waals surface area (Å²) in [4.78, 5) is 7.80. The Morgan fingerprint density at radius 3 is 3.03 bits per heavy atom. The molecule has 2 aliphatic rings. The molecule has 5 nitrogen and oxygen atoms in total. The van der Waals surface area contributed by atoms with E-state index in [2.05, 4.69) is 62.2 Å². The maximum absolute atomic E-state index is 6.32. The van der Waals surface area contributed by atoms with Crippen LogP contribution in [0.4, 0.5) is 0 Å². The lowest BCUT2D eigenvalue weighted by atomic mass is 9.98. The van der Waals surface area contributed by atoms with Gasteiger partial charge in [-0.3, -0.25) is 4.68 Å². The first-order chi connectivity index (χ1) is 14.2. The predicted octanol–water partition coefficient (Wildman–Crippen LogP) is 4.40. The largest absolute Gasteiger partial charge is 0.345 e. The molecule has 1 fully saturated rings. The van der Waals surface area contributed by atoms with E-state index in [9.17, 15) is 0 Å². The fraction of sp³-hybridized carbons (Fsp3) is 0.304. The molecule has 2 unspecified atom stereocenters. The lowest BCUT2D eigenvalue weighted by Gasteiger charge is -2.10. The number of H-pyrrole nitrogens is 1. The molecule has 3 aromatic heterocycles. The van der Waals surface area contributed by atoms with E-state index in [4.69, 9.17) is 11.6 Å². The minimum atomic E-state index is 0.429. The lowest BCUT2D eigenvalue weighted by molar-refractivity contribution is 0.491. The van der Waals surface area contributed by atoms with Crippen LogP contribution < -0.4 is 5.32 Å². The summed E-state index contributed by atoms with van der Waals surface area (Å²) >= 11 is 6.32. The number of hydrogen-bond acceptors (Lipinski definition) is 3. The lowest BCUT2D eigenvalue weighted by Crippen LogP contribution is -2.13. The van der Waals surface area contributed by atoms with Crippen LogP contribution in [-0.4, -0.2) is 32.8 Å². The number of pyridine rings is 1. The normalized spacial score (nSPS) is 21.6. The quantitative estimate of drug-likeness (QED) is 0.623. The van der Waals surface area contributed by atoms with E-state index in [1.54, 1.807) is 0 Å². The van der Waals surface area contributed by atoms with Crippen LogP contribution in [0.1, 0.15) is 31.4 Å². The molecule has 1 aliphatic carbocycles. The van der Waals surface area contributed by atoms with Gasteiger partial charge in [0.15, 0.2) is 0 Å². The number of aromatic amines is 1. The number of aromatic nitrogens is 4. The van der Waals surface area contributed by atoms with Crippen molar-refractivity contribution < 1.29 is 0 Å². The molecule has 0 aromatic carbocycles. The van der Waals surface area contributed by atoms with Gasteiger partial charge in [0.05, 0.1) is 22.8 Å². The summed E-state index contributed by atoms with van der Waals surface area (Å²) in [7, 11) is 0. The predicted molar refractivity (Wildman–Crippen MR) is 117 cm³/mol. The van der Waals surface area contributed by atoms with E-state index in [1.165, 1.54) is 0 Å². The standard InChI is InChI=1S/C23H22ClN5/c1-15-2-5-22(24)16(8-15)3-4-17-10-26-23-21(17)9-18(11-27-23)19-12-28-29(14-19)20-6-7-25-13-20/h5,8-12,14-15,20,25H,2,6-7,13H2,1H3,(H,26,27). The molecule has 29 heavy (non-hydrogen) atoms. The number of nitrogens with one attached hydrogen (secondary N) is 2. The van der Waals surface area contributed by atoms with Crippen molar-refractivity contribution in [2.75, 3.05) is 13.1 Å². The third-order valence-electron chi connectivity index (χ3n) is 5.58. The Labute approximate surface area is 174 Å². The van der Waals surface area contributed by atoms with Crippen LogP contribution >= 0.6 is 11.6 Å². The highest BCUT2D eigenvalue weighted by Crippen LogP contribution is 2.27. The van der Waals surface area contributed by atoms with Gasteiger partial charge in [-0.1, -0.05) is 42.5 Å². The number of allylic oxidation sites excluding steroid dienone is 4. The Morgan fingerprint density at radius 2 is 2.17 bits per heavy atom. The third-order valence-corrected chi connectivity index (χ3v) is 5.94. The summed E-state index contributed by atoms with van der Waals surface area (Å²) in [6, 6.07) is 2.56. The molecule has 2 atom stereocenters. The van der Waals surface area contributed by atoms with Crippen LogP contribution in [0.15, 0.2) is 53.6 Å². The molecule has 0 saturated carbocycles. The van der Waals surface area contributed by atoms with Gasteiger partial charge in [-0.25, -0.2) is 4.98 Å². The molecule has 1 saturated heterocycles. The Hall–Kier alpha value is -2.81. The molecular formula is C23H22ClN5. The first kappa shape index (κ1) is 18.2. The van der Waals surface area contributed by atoms with Crippen molar-refractivity contribution >= 4 is 22.6 Å². The highest BCUT2D eigenvalue weighted by Gasteiger charge is 2.17. The molecule has 0 spiro atoms. The van der Waals surface area contributed by atoms with Crippen LogP contribution in [-0.2, 0) is 0 Å². The Kier molecular flexibility index (Phi) is 4.75. The monoisotopic (exact) mass is 403 g/mol. The summed E-state index contributed by atoms with van der Waals surface area (Å²) in [6.07, 6.45) is 14.1. The second-order valence-corrected chi connectivity index (χ2v) is 8.18. The van der Waals surface area contributed by atoms with Gasteiger partial charge in [0.25, 0.3) is 0 Å². The minimum absolute atomic E-state index is 0.429. The second-order valence-electron chi connectivity index (χ2n) is 7.77. The molecule has 146 valence electrons. The summed E-state index contributed by atoms with van der Waals surface area (Å²) in [6.45, 7) is 4.19. The molecule has 5 rings (SSSR count). The van der Waals surface area contributed by atoms with Gasteiger partial charge in [0.1, 0.15) is 5.65 Å². The SMILES string of the molecule is CC1C=C(C#Cc2c[nH]c3ncc(-c4cnn(C5CCNC5)c4)cc23)C(Cl)=CC1. The molecule has 1 aliphatic heterocycles. The fourth-order valence-electron chi connectivity index (χ4n) is 3.88. The van der Waals surface area contributed by atoms with Crippen LogP contribution in [0.2, 0.25) is 0 Å². The molecular weight excluding hydrogens is 382 g/mol. The van der Waals surface area contributed by atoms with Crippen LogP contribution in [0.25, 0.3) is 22.2 Å². The van der Waals surface area contributed by atoms with E-state index in [0.29, 0.717) is 12.0 Å². The van der Waals surface area contributed by atoms with E-state index in [-0.39, 0.29) is 0 Å². The van der Waals surface area contributed by atoms with E-state index in [1.807, 2.05) is 24.7 Å². The molecule has 4 heterocycles. The first-order valence-corrected chi connectivity index (χ1v) is 10.4. The van der Waals surface area contributed by atoms with Crippen LogP contribution in [0, 0.1) is 17.8 Å². The Bertz CT molecular complexity index is 1180. The van der Waals surface area contributed by atoms with Crippen LogP contribution in [0.5, 0.6) is 0 Å². The number of nitrogens with zero attached hydrogens (tertiary/aromatic N) is 3. The van der Waals surface area contributed by atoms with Gasteiger partial charge in [-0.15, -0.1) is 0 Å². The van der Waals surface area contributed by atoms with Crippen molar-refractivity contribution in [3.8, 4) is 23.0 Å². The van der Waals surface area contributed by atoms with Gasteiger partial charge in [-0.2, -0.15) is 5.10 Å². The molecule has 2 N–H and O–H groups in total. The Balaban J connectivity index is 1.47. The Morgan fingerprint density at radius 1 is 1.24 bits per heavy atom. The van der Waals surface area contributed by atoms with Crippen molar-refractivity contribution in [2.45, 2.75) is 25.8 Å². The maximum atomic E-state index is 6.32. The van der Waals surface area contributed by atoms with E-state index < -0.39 is 0 Å². The topological polar surface area (TPSA) is 58.5 Å².